The van der Waals surface area contributed by atoms with E-state index in [1.807, 2.05) is 27.7 Å². The van der Waals surface area contributed by atoms with E-state index in [4.69, 9.17) is 20.8 Å². The van der Waals surface area contributed by atoms with Gasteiger partial charge in [0.1, 0.15) is 17.2 Å². The molecule has 1 heterocycles. The number of allylic oxidation sites excluding steroid dienone is 2. The summed E-state index contributed by atoms with van der Waals surface area (Å²) in [7, 11) is -0.303. The molecule has 4 nitrogen and oxygen atoms in total. The lowest BCUT2D eigenvalue weighted by Crippen LogP contribution is -2.42. The Kier molecular flexibility index (Phi) is 9.57. The van der Waals surface area contributed by atoms with E-state index < -0.39 is 5.60 Å². The van der Waals surface area contributed by atoms with Crippen LogP contribution >= 0.6 is 15.9 Å². The Morgan fingerprint density at radius 3 is 1.78 bits per heavy atom. The van der Waals surface area contributed by atoms with Crippen molar-refractivity contribution in [2.24, 2.45) is 0 Å². The van der Waals surface area contributed by atoms with Gasteiger partial charge in [-0.3, -0.25) is 0 Å². The quantitative estimate of drug-likeness (QED) is 0.272. The third kappa shape index (κ3) is 7.69. The van der Waals surface area contributed by atoms with Crippen LogP contribution in [0.1, 0.15) is 40.2 Å². The van der Waals surface area contributed by atoms with Crippen LogP contribution in [0.15, 0.2) is 59.5 Å². The van der Waals surface area contributed by atoms with Crippen LogP contribution in [-0.4, -0.2) is 18.3 Å². The molecule has 0 aliphatic carbocycles. The van der Waals surface area contributed by atoms with E-state index in [1.54, 1.807) is 13.0 Å². The van der Waals surface area contributed by atoms with Crippen LogP contribution < -0.4 is 11.5 Å². The molecule has 1 fully saturated rings. The fraction of sp³-hybridized carbons (Fsp3) is 0.292. The Labute approximate surface area is 198 Å². The molecule has 2 aromatic rings. The fourth-order valence-corrected chi connectivity index (χ4v) is 2.75. The third-order valence-electron chi connectivity index (χ3n) is 4.88. The summed E-state index contributed by atoms with van der Waals surface area (Å²) < 4.78 is 36.7. The second-order valence-electron chi connectivity index (χ2n) is 8.33. The summed E-state index contributed by atoms with van der Waals surface area (Å²) in [6.07, 6.45) is 0. The van der Waals surface area contributed by atoms with E-state index in [2.05, 4.69) is 36.0 Å². The molecular formula is C24H31BBrF2N2O2+. The zero-order valence-electron chi connectivity index (χ0n) is 19.3. The first-order chi connectivity index (χ1) is 14.6. The predicted molar refractivity (Wildman–Crippen MR) is 135 cm³/mol. The van der Waals surface area contributed by atoms with Crippen molar-refractivity contribution < 1.29 is 18.1 Å². The maximum Gasteiger partial charge on any atom is 0.492 e. The van der Waals surface area contributed by atoms with Crippen molar-refractivity contribution in [3.05, 3.63) is 83.6 Å². The lowest BCUT2D eigenvalue weighted by Gasteiger charge is -2.25. The molecule has 8 heteroatoms. The highest BCUT2D eigenvalue weighted by Gasteiger charge is 2.56. The Morgan fingerprint density at radius 2 is 1.47 bits per heavy atom. The number of benzene rings is 2. The van der Waals surface area contributed by atoms with Gasteiger partial charge >= 0.3 is 7.12 Å². The Hall–Kier alpha value is -2.29. The monoisotopic (exact) mass is 507 g/mol. The largest absolute Gasteiger partial charge is 0.492 e. The highest BCUT2D eigenvalue weighted by atomic mass is 79.9. The molecule has 3 rings (SSSR count). The third-order valence-corrected chi connectivity index (χ3v) is 5.57. The number of nitrogens with two attached hydrogens (primary N) is 2. The summed E-state index contributed by atoms with van der Waals surface area (Å²) in [6, 6.07) is 8.42. The van der Waals surface area contributed by atoms with E-state index in [1.165, 1.54) is 30.3 Å². The molecule has 172 valence electrons. The lowest BCUT2D eigenvalue weighted by molar-refractivity contribution is 0.0262. The molecule has 1 aliphatic rings. The van der Waals surface area contributed by atoms with Crippen LogP contribution in [0, 0.1) is 18.6 Å². The molecule has 4 N–H and O–H groups in total. The van der Waals surface area contributed by atoms with Gasteiger partial charge in [-0.15, -0.1) is 6.58 Å². The Morgan fingerprint density at radius 1 is 0.969 bits per heavy atom. The van der Waals surface area contributed by atoms with Gasteiger partial charge < -0.3 is 20.8 Å². The standard InChI is InChI=1S/C9H16BO2.C9H10FN.C6H5BrFN/c1-7(2)10-11-8(3,4)9(5,6)12-10;1-6(2)8-5-7(10)3-4-9(8)11;7-5-3-4(8)1-2-6(5)9/h1,3H2,2,4-6H3;3-5H,1,11H2,2H3;1-3H,9H2/q+1;;. The molecule has 0 bridgehead atoms. The first kappa shape index (κ1) is 27.7. The van der Waals surface area contributed by atoms with Gasteiger partial charge in [-0.2, -0.15) is 0 Å². The molecule has 1 atom stereocenters. The van der Waals surface area contributed by atoms with Crippen molar-refractivity contribution in [2.45, 2.75) is 45.8 Å². The van der Waals surface area contributed by atoms with Crippen molar-refractivity contribution in [1.82, 2.24) is 0 Å². The van der Waals surface area contributed by atoms with Crippen molar-refractivity contribution in [3.63, 3.8) is 0 Å². The van der Waals surface area contributed by atoms with Gasteiger partial charge in [0, 0.05) is 28.3 Å². The maximum absolute atomic E-state index is 12.6. The van der Waals surface area contributed by atoms with Crippen molar-refractivity contribution >= 4 is 40.0 Å². The first-order valence-corrected chi connectivity index (χ1v) is 10.6. The summed E-state index contributed by atoms with van der Waals surface area (Å²) in [6.45, 7) is 21.0. The SMILES string of the molecule is C=C(C)B1OC([CH2+])(C)C(C)(C)O1.C=C(C)c1cc(F)ccc1N.Nc1ccc(F)cc1Br. The van der Waals surface area contributed by atoms with Crippen LogP contribution in [0.25, 0.3) is 5.57 Å². The number of rotatable bonds is 2. The molecule has 0 amide bonds. The summed E-state index contributed by atoms with van der Waals surface area (Å²) in [5.74, 6) is -0.562. The van der Waals surface area contributed by atoms with Gasteiger partial charge in [0.15, 0.2) is 0 Å². The molecule has 0 spiro atoms. The minimum Gasteiger partial charge on any atom is -0.398 e. The molecule has 0 saturated carbocycles. The van der Waals surface area contributed by atoms with Gasteiger partial charge in [0.05, 0.1) is 6.92 Å². The summed E-state index contributed by atoms with van der Waals surface area (Å²) >= 11 is 3.08. The van der Waals surface area contributed by atoms with Crippen LogP contribution in [-0.2, 0) is 9.31 Å². The van der Waals surface area contributed by atoms with Crippen molar-refractivity contribution in [1.29, 1.82) is 0 Å². The second kappa shape index (κ2) is 11.0. The zero-order valence-corrected chi connectivity index (χ0v) is 20.9. The summed E-state index contributed by atoms with van der Waals surface area (Å²) in [5, 5.41) is 0. The fourth-order valence-electron chi connectivity index (χ4n) is 2.40. The van der Waals surface area contributed by atoms with Crippen molar-refractivity contribution in [2.75, 3.05) is 11.5 Å². The minimum absolute atomic E-state index is 0.280. The van der Waals surface area contributed by atoms with E-state index in [-0.39, 0.29) is 24.4 Å². The van der Waals surface area contributed by atoms with Crippen LogP contribution in [0.5, 0.6) is 0 Å². The maximum atomic E-state index is 12.6. The average molecular weight is 508 g/mol. The van der Waals surface area contributed by atoms with Gasteiger partial charge in [-0.05, 0) is 85.6 Å². The van der Waals surface area contributed by atoms with Gasteiger partial charge in [0.2, 0.25) is 5.60 Å². The number of nitrogen functional groups attached to an aromatic ring is 2. The molecule has 2 aromatic carbocycles. The minimum atomic E-state index is -0.489. The second-order valence-corrected chi connectivity index (χ2v) is 9.19. The number of anilines is 2. The van der Waals surface area contributed by atoms with Gasteiger partial charge in [-0.1, -0.05) is 12.1 Å². The van der Waals surface area contributed by atoms with E-state index >= 15 is 0 Å². The van der Waals surface area contributed by atoms with E-state index in [0.29, 0.717) is 21.4 Å². The van der Waals surface area contributed by atoms with Crippen LogP contribution in [0.4, 0.5) is 20.2 Å². The highest BCUT2D eigenvalue weighted by molar-refractivity contribution is 9.10. The first-order valence-electron chi connectivity index (χ1n) is 9.85. The van der Waals surface area contributed by atoms with Crippen molar-refractivity contribution in [3.8, 4) is 0 Å². The Balaban J connectivity index is 0.000000242. The normalized spacial score (nSPS) is 18.7. The Bertz CT molecular complexity index is 964. The van der Waals surface area contributed by atoms with Gasteiger partial charge in [0.25, 0.3) is 0 Å². The summed E-state index contributed by atoms with van der Waals surface area (Å²) in [5.41, 5.74) is 13.6. The number of halogens is 3. The molecule has 1 aliphatic heterocycles. The molecule has 1 unspecified atom stereocenters. The molecule has 1 saturated heterocycles. The van der Waals surface area contributed by atoms with Crippen LogP contribution in [0.2, 0.25) is 0 Å². The van der Waals surface area contributed by atoms with Gasteiger partial charge in [-0.25, -0.2) is 8.78 Å². The average Bonchev–Trinajstić information content (AvgIpc) is 2.89. The number of hydrogen-bond donors (Lipinski definition) is 2. The summed E-state index contributed by atoms with van der Waals surface area (Å²) in [4.78, 5) is 0. The highest BCUT2D eigenvalue weighted by Crippen LogP contribution is 2.37. The molecule has 32 heavy (non-hydrogen) atoms. The molecule has 0 radical (unpaired) electrons. The lowest BCUT2D eigenvalue weighted by atomic mass is 9.81. The topological polar surface area (TPSA) is 70.5 Å². The van der Waals surface area contributed by atoms with Crippen LogP contribution in [0.3, 0.4) is 0 Å². The number of hydrogen-bond acceptors (Lipinski definition) is 4. The molecular weight excluding hydrogens is 477 g/mol. The predicted octanol–water partition coefficient (Wildman–Crippen LogP) is 6.62. The smallest absolute Gasteiger partial charge is 0.398 e. The van der Waals surface area contributed by atoms with E-state index in [0.717, 1.165) is 11.0 Å². The van der Waals surface area contributed by atoms with E-state index in [9.17, 15) is 8.78 Å². The zero-order chi connectivity index (χ0) is 24.9. The molecule has 0 aromatic heterocycles.